The summed E-state index contributed by atoms with van der Waals surface area (Å²) in [6.07, 6.45) is 2.48. The molecule has 0 aliphatic carbocycles. The zero-order valence-corrected chi connectivity index (χ0v) is 13.0. The lowest BCUT2D eigenvalue weighted by Crippen LogP contribution is -2.25. The highest BCUT2D eigenvalue weighted by Gasteiger charge is 2.18. The maximum absolute atomic E-state index is 12.2. The second kappa shape index (κ2) is 6.54. The maximum atomic E-state index is 12.2. The van der Waals surface area contributed by atoms with E-state index in [0.717, 1.165) is 12.1 Å². The van der Waals surface area contributed by atoms with Crippen molar-refractivity contribution < 1.29 is 8.42 Å². The third-order valence-electron chi connectivity index (χ3n) is 3.00. The van der Waals surface area contributed by atoms with Gasteiger partial charge >= 0.3 is 0 Å². The molecule has 3 N–H and O–H groups in total. The number of nitrogens with zero attached hydrogens (tertiary/aromatic N) is 1. The van der Waals surface area contributed by atoms with Crippen molar-refractivity contribution in [2.75, 3.05) is 6.54 Å². The van der Waals surface area contributed by atoms with E-state index >= 15 is 0 Å². The summed E-state index contributed by atoms with van der Waals surface area (Å²) in [5, 5.41) is 0. The number of nitrogens with two attached hydrogens (primary N) is 1. The quantitative estimate of drug-likeness (QED) is 0.803. The Morgan fingerprint density at radius 1 is 1.32 bits per heavy atom. The van der Waals surface area contributed by atoms with E-state index in [2.05, 4.69) is 18.6 Å². The van der Waals surface area contributed by atoms with Gasteiger partial charge in [-0.15, -0.1) is 0 Å². The van der Waals surface area contributed by atoms with Crippen molar-refractivity contribution in [3.8, 4) is 0 Å². The molecule has 1 aromatic heterocycles. The molecule has 0 atom stereocenters. The highest BCUT2D eigenvalue weighted by molar-refractivity contribution is 7.89. The SMILES string of the molecule is CC(C)CCNS(=O)(=O)c1cc(CN)n(C(C)C)c1. The van der Waals surface area contributed by atoms with Gasteiger partial charge in [0.1, 0.15) is 0 Å². The molecular weight excluding hydrogens is 262 g/mol. The Morgan fingerprint density at radius 2 is 1.95 bits per heavy atom. The van der Waals surface area contributed by atoms with Crippen LogP contribution in [0.25, 0.3) is 0 Å². The van der Waals surface area contributed by atoms with Crippen molar-refractivity contribution in [2.24, 2.45) is 11.7 Å². The van der Waals surface area contributed by atoms with Crippen molar-refractivity contribution in [1.82, 2.24) is 9.29 Å². The minimum Gasteiger partial charge on any atom is -0.346 e. The van der Waals surface area contributed by atoms with E-state index in [0.29, 0.717) is 23.9 Å². The van der Waals surface area contributed by atoms with Crippen LogP contribution in [0.15, 0.2) is 17.2 Å². The van der Waals surface area contributed by atoms with Gasteiger partial charge in [0.25, 0.3) is 0 Å². The van der Waals surface area contributed by atoms with E-state index in [-0.39, 0.29) is 6.04 Å². The first-order chi connectivity index (χ1) is 8.77. The Labute approximate surface area is 116 Å². The fraction of sp³-hybridized carbons (Fsp3) is 0.692. The van der Waals surface area contributed by atoms with Crippen molar-refractivity contribution in [3.05, 3.63) is 18.0 Å². The number of hydrogen-bond donors (Lipinski definition) is 2. The monoisotopic (exact) mass is 287 g/mol. The van der Waals surface area contributed by atoms with Gasteiger partial charge < -0.3 is 10.3 Å². The second-order valence-corrected chi connectivity index (χ2v) is 7.22. The third-order valence-corrected chi connectivity index (χ3v) is 4.42. The Balaban J connectivity index is 2.89. The van der Waals surface area contributed by atoms with E-state index in [1.807, 2.05) is 18.4 Å². The molecule has 0 aliphatic rings. The summed E-state index contributed by atoms with van der Waals surface area (Å²) in [5.74, 6) is 0.475. The predicted molar refractivity (Wildman–Crippen MR) is 77.4 cm³/mol. The Morgan fingerprint density at radius 3 is 2.37 bits per heavy atom. The summed E-state index contributed by atoms with van der Waals surface area (Å²) in [6, 6.07) is 1.84. The first kappa shape index (κ1) is 16.2. The van der Waals surface area contributed by atoms with E-state index in [9.17, 15) is 8.42 Å². The summed E-state index contributed by atoms with van der Waals surface area (Å²) in [4.78, 5) is 0.297. The average Bonchev–Trinajstić information content (AvgIpc) is 2.72. The van der Waals surface area contributed by atoms with Crippen molar-refractivity contribution in [1.29, 1.82) is 0 Å². The van der Waals surface area contributed by atoms with Crippen LogP contribution in [0, 0.1) is 5.92 Å². The van der Waals surface area contributed by atoms with Gasteiger partial charge in [0, 0.05) is 31.0 Å². The molecule has 0 aliphatic heterocycles. The van der Waals surface area contributed by atoms with Gasteiger partial charge in [-0.25, -0.2) is 13.1 Å². The second-order valence-electron chi connectivity index (χ2n) is 5.45. The van der Waals surface area contributed by atoms with Crippen LogP contribution in [0.5, 0.6) is 0 Å². The lowest BCUT2D eigenvalue weighted by atomic mass is 10.1. The van der Waals surface area contributed by atoms with Crippen molar-refractivity contribution in [3.63, 3.8) is 0 Å². The molecule has 5 nitrogen and oxygen atoms in total. The van der Waals surface area contributed by atoms with Crippen LogP contribution in [0.4, 0.5) is 0 Å². The molecule has 0 fully saturated rings. The molecule has 110 valence electrons. The van der Waals surface area contributed by atoms with Gasteiger partial charge in [0.05, 0.1) is 4.90 Å². The van der Waals surface area contributed by atoms with Crippen LogP contribution in [-0.2, 0) is 16.6 Å². The highest BCUT2D eigenvalue weighted by atomic mass is 32.2. The lowest BCUT2D eigenvalue weighted by molar-refractivity contribution is 0.550. The molecule has 0 bridgehead atoms. The molecule has 0 radical (unpaired) electrons. The first-order valence-corrected chi connectivity index (χ1v) is 8.16. The van der Waals surface area contributed by atoms with Crippen LogP contribution in [0.2, 0.25) is 0 Å². The maximum Gasteiger partial charge on any atom is 0.242 e. The molecule has 0 spiro atoms. The Bertz CT molecular complexity index is 504. The number of rotatable bonds is 7. The van der Waals surface area contributed by atoms with E-state index in [1.165, 1.54) is 0 Å². The van der Waals surface area contributed by atoms with Gasteiger partial charge in [0.15, 0.2) is 0 Å². The zero-order valence-electron chi connectivity index (χ0n) is 12.2. The molecule has 1 heterocycles. The molecule has 19 heavy (non-hydrogen) atoms. The summed E-state index contributed by atoms with van der Waals surface area (Å²) < 4.78 is 28.8. The summed E-state index contributed by atoms with van der Waals surface area (Å²) in [7, 11) is -3.43. The summed E-state index contributed by atoms with van der Waals surface area (Å²) >= 11 is 0. The molecule has 0 amide bonds. The van der Waals surface area contributed by atoms with E-state index in [1.54, 1.807) is 12.3 Å². The van der Waals surface area contributed by atoms with Gasteiger partial charge in [-0.2, -0.15) is 0 Å². The fourth-order valence-electron chi connectivity index (χ4n) is 1.85. The number of aromatic nitrogens is 1. The molecule has 1 rings (SSSR count). The summed E-state index contributed by atoms with van der Waals surface area (Å²) in [6.45, 7) is 8.93. The van der Waals surface area contributed by atoms with Crippen LogP contribution in [0.3, 0.4) is 0 Å². The highest BCUT2D eigenvalue weighted by Crippen LogP contribution is 2.18. The van der Waals surface area contributed by atoms with Crippen LogP contribution in [0.1, 0.15) is 45.9 Å². The Hall–Kier alpha value is -0.850. The van der Waals surface area contributed by atoms with Crippen LogP contribution >= 0.6 is 0 Å². The molecular formula is C13H25N3O2S. The fourth-order valence-corrected chi connectivity index (χ4v) is 2.95. The molecule has 0 unspecified atom stereocenters. The molecule has 1 aromatic rings. The Kier molecular flexibility index (Phi) is 5.58. The average molecular weight is 287 g/mol. The topological polar surface area (TPSA) is 77.1 Å². The molecule has 0 aromatic carbocycles. The first-order valence-electron chi connectivity index (χ1n) is 6.68. The standard InChI is InChI=1S/C13H25N3O2S/c1-10(2)5-6-15-19(17,18)13-7-12(8-14)16(9-13)11(3)4/h7,9-11,15H,5-6,8,14H2,1-4H3. The number of sulfonamides is 1. The normalized spacial score (nSPS) is 12.6. The molecule has 6 heteroatoms. The zero-order chi connectivity index (χ0) is 14.6. The lowest BCUT2D eigenvalue weighted by Gasteiger charge is -2.10. The van der Waals surface area contributed by atoms with Crippen molar-refractivity contribution >= 4 is 10.0 Å². The number of nitrogens with one attached hydrogen (secondary N) is 1. The summed E-state index contributed by atoms with van der Waals surface area (Å²) in [5.41, 5.74) is 6.48. The largest absolute Gasteiger partial charge is 0.346 e. The van der Waals surface area contributed by atoms with Crippen LogP contribution < -0.4 is 10.5 Å². The van der Waals surface area contributed by atoms with E-state index < -0.39 is 10.0 Å². The van der Waals surface area contributed by atoms with Gasteiger partial charge in [-0.3, -0.25) is 0 Å². The van der Waals surface area contributed by atoms with Gasteiger partial charge in [-0.05, 0) is 32.3 Å². The molecule has 0 saturated heterocycles. The minimum absolute atomic E-state index is 0.193. The van der Waals surface area contributed by atoms with Crippen LogP contribution in [-0.4, -0.2) is 19.5 Å². The predicted octanol–water partition coefficient (Wildman–Crippen LogP) is 1.85. The van der Waals surface area contributed by atoms with Gasteiger partial charge in [-0.1, -0.05) is 13.8 Å². The van der Waals surface area contributed by atoms with Gasteiger partial charge in [0.2, 0.25) is 10.0 Å². The number of hydrogen-bond acceptors (Lipinski definition) is 3. The molecule has 0 saturated carbocycles. The van der Waals surface area contributed by atoms with Crippen molar-refractivity contribution in [2.45, 2.75) is 51.6 Å². The third kappa shape index (κ3) is 4.33. The minimum atomic E-state index is -3.43. The van der Waals surface area contributed by atoms with E-state index in [4.69, 9.17) is 5.73 Å². The smallest absolute Gasteiger partial charge is 0.242 e.